The molecule has 1 aromatic carbocycles. The second-order valence-corrected chi connectivity index (χ2v) is 4.07. The number of aromatic nitrogens is 1. The number of nitrogens with one attached hydrogen (secondary N) is 1. The van der Waals surface area contributed by atoms with E-state index in [0.717, 1.165) is 17.7 Å². The van der Waals surface area contributed by atoms with Crippen LogP contribution in [-0.2, 0) is 6.18 Å². The summed E-state index contributed by atoms with van der Waals surface area (Å²) in [6.45, 7) is 0. The van der Waals surface area contributed by atoms with Crippen LogP contribution < -0.4 is 11.3 Å². The molecule has 3 nitrogen and oxygen atoms in total. The molecule has 0 aliphatic carbocycles. The fraction of sp³-hybridized carbons (Fsp3) is 0.0714. The van der Waals surface area contributed by atoms with Gasteiger partial charge in [-0.15, -0.1) is 0 Å². The molecule has 0 saturated heterocycles. The van der Waals surface area contributed by atoms with Crippen LogP contribution in [0.3, 0.4) is 0 Å². The van der Waals surface area contributed by atoms with E-state index in [1.807, 2.05) is 0 Å². The molecule has 0 unspecified atom stereocenters. The second-order valence-electron chi connectivity index (χ2n) is 4.07. The van der Waals surface area contributed by atoms with Crippen LogP contribution in [0, 0.1) is 0 Å². The quantitative estimate of drug-likeness (QED) is 0.667. The number of rotatable bonds is 3. The van der Waals surface area contributed by atoms with E-state index in [0.29, 0.717) is 11.4 Å². The highest BCUT2D eigenvalue weighted by Gasteiger charge is 2.29. The highest BCUT2D eigenvalue weighted by molar-refractivity contribution is 5.69. The molecule has 0 atom stereocenters. The van der Waals surface area contributed by atoms with Gasteiger partial charge in [0.05, 0.1) is 5.56 Å². The Bertz CT molecular complexity index is 587. The minimum absolute atomic E-state index is 0.539. The number of pyridine rings is 1. The molecule has 104 valence electrons. The first-order chi connectivity index (χ1) is 9.49. The van der Waals surface area contributed by atoms with Crippen molar-refractivity contribution in [1.29, 1.82) is 0 Å². The van der Waals surface area contributed by atoms with Crippen LogP contribution in [0.15, 0.2) is 42.6 Å². The molecule has 0 aliphatic rings. The maximum atomic E-state index is 12.4. The fourth-order valence-electron chi connectivity index (χ4n) is 1.56. The van der Waals surface area contributed by atoms with Gasteiger partial charge in [0.2, 0.25) is 0 Å². The second kappa shape index (κ2) is 5.75. The van der Waals surface area contributed by atoms with Crippen molar-refractivity contribution in [3.05, 3.63) is 59.3 Å². The summed E-state index contributed by atoms with van der Waals surface area (Å²) in [6.07, 6.45) is 0.773. The van der Waals surface area contributed by atoms with Gasteiger partial charge >= 0.3 is 6.18 Å². The maximum absolute atomic E-state index is 12.4. The number of hydrogen-bond acceptors (Lipinski definition) is 3. The minimum Gasteiger partial charge on any atom is -0.308 e. The van der Waals surface area contributed by atoms with Gasteiger partial charge in [0.15, 0.2) is 0 Å². The maximum Gasteiger partial charge on any atom is 0.416 e. The van der Waals surface area contributed by atoms with Gasteiger partial charge in [0.1, 0.15) is 5.82 Å². The van der Waals surface area contributed by atoms with Crippen LogP contribution in [-0.4, -0.2) is 4.98 Å². The van der Waals surface area contributed by atoms with E-state index in [4.69, 9.17) is 5.84 Å². The Kier molecular flexibility index (Phi) is 4.05. The summed E-state index contributed by atoms with van der Waals surface area (Å²) in [5.41, 5.74) is 3.25. The van der Waals surface area contributed by atoms with Crippen LogP contribution in [0.5, 0.6) is 0 Å². The molecule has 2 aromatic rings. The number of nitrogen functional groups attached to an aromatic ring is 1. The predicted octanol–water partition coefficient (Wildman–Crippen LogP) is 3.56. The van der Waals surface area contributed by atoms with Crippen molar-refractivity contribution in [1.82, 2.24) is 4.98 Å². The highest BCUT2D eigenvalue weighted by atomic mass is 19.4. The summed E-state index contributed by atoms with van der Waals surface area (Å²) in [7, 11) is 0. The SMILES string of the molecule is NNc1ccc(C=Cc2ccc(C(F)(F)F)cc2)cn1. The van der Waals surface area contributed by atoms with Crippen molar-refractivity contribution in [2.24, 2.45) is 5.84 Å². The minimum atomic E-state index is -4.31. The topological polar surface area (TPSA) is 50.9 Å². The van der Waals surface area contributed by atoms with E-state index >= 15 is 0 Å². The van der Waals surface area contributed by atoms with Crippen molar-refractivity contribution >= 4 is 18.0 Å². The Morgan fingerprint density at radius 1 is 0.950 bits per heavy atom. The van der Waals surface area contributed by atoms with Crippen LogP contribution >= 0.6 is 0 Å². The largest absolute Gasteiger partial charge is 0.416 e. The molecule has 0 radical (unpaired) electrons. The van der Waals surface area contributed by atoms with Gasteiger partial charge in [0, 0.05) is 6.20 Å². The Balaban J connectivity index is 2.10. The van der Waals surface area contributed by atoms with E-state index in [1.165, 1.54) is 12.1 Å². The third-order valence-corrected chi connectivity index (χ3v) is 2.64. The van der Waals surface area contributed by atoms with E-state index in [1.54, 1.807) is 30.5 Å². The molecule has 6 heteroatoms. The molecule has 20 heavy (non-hydrogen) atoms. The number of nitrogens with two attached hydrogens (primary N) is 1. The lowest BCUT2D eigenvalue weighted by Crippen LogP contribution is -2.07. The zero-order chi connectivity index (χ0) is 14.6. The van der Waals surface area contributed by atoms with Crippen LogP contribution in [0.25, 0.3) is 12.2 Å². The lowest BCUT2D eigenvalue weighted by Gasteiger charge is -2.05. The monoisotopic (exact) mass is 279 g/mol. The number of benzene rings is 1. The summed E-state index contributed by atoms with van der Waals surface area (Å²) < 4.78 is 37.2. The first-order valence-corrected chi connectivity index (χ1v) is 5.77. The number of nitrogens with zero attached hydrogens (tertiary/aromatic N) is 1. The Hall–Kier alpha value is -2.34. The molecule has 1 heterocycles. The average Bonchev–Trinajstić information content (AvgIpc) is 2.45. The first kappa shape index (κ1) is 14.1. The Morgan fingerprint density at radius 2 is 1.55 bits per heavy atom. The van der Waals surface area contributed by atoms with Crippen molar-refractivity contribution in [2.75, 3.05) is 5.43 Å². The van der Waals surface area contributed by atoms with Gasteiger partial charge in [-0.2, -0.15) is 13.2 Å². The van der Waals surface area contributed by atoms with Gasteiger partial charge in [0.25, 0.3) is 0 Å². The van der Waals surface area contributed by atoms with E-state index < -0.39 is 11.7 Å². The first-order valence-electron chi connectivity index (χ1n) is 5.77. The van der Waals surface area contributed by atoms with Gasteiger partial charge < -0.3 is 5.43 Å². The van der Waals surface area contributed by atoms with Gasteiger partial charge in [-0.25, -0.2) is 10.8 Å². The van der Waals surface area contributed by atoms with Crippen LogP contribution in [0.1, 0.15) is 16.7 Å². The molecule has 2 rings (SSSR count). The third kappa shape index (κ3) is 3.58. The number of hydrazine groups is 1. The molecule has 0 fully saturated rings. The van der Waals surface area contributed by atoms with E-state index in [2.05, 4.69) is 10.4 Å². The Labute approximate surface area is 113 Å². The summed E-state index contributed by atoms with van der Waals surface area (Å²) in [5.74, 6) is 5.73. The van der Waals surface area contributed by atoms with Gasteiger partial charge in [-0.1, -0.05) is 24.3 Å². The normalized spacial score (nSPS) is 11.8. The molecule has 0 amide bonds. The number of halogens is 3. The smallest absolute Gasteiger partial charge is 0.308 e. The van der Waals surface area contributed by atoms with Gasteiger partial charge in [-0.3, -0.25) is 0 Å². The van der Waals surface area contributed by atoms with Crippen molar-refractivity contribution in [3.63, 3.8) is 0 Å². The summed E-state index contributed by atoms with van der Waals surface area (Å²) in [6, 6.07) is 8.44. The molecule has 1 aromatic heterocycles. The molecular formula is C14H12F3N3. The van der Waals surface area contributed by atoms with E-state index in [-0.39, 0.29) is 0 Å². The summed E-state index contributed by atoms with van der Waals surface area (Å²) in [5, 5.41) is 0. The van der Waals surface area contributed by atoms with Crippen molar-refractivity contribution in [2.45, 2.75) is 6.18 Å². The van der Waals surface area contributed by atoms with Crippen molar-refractivity contribution < 1.29 is 13.2 Å². The van der Waals surface area contributed by atoms with Crippen LogP contribution in [0.2, 0.25) is 0 Å². The van der Waals surface area contributed by atoms with Crippen molar-refractivity contribution in [3.8, 4) is 0 Å². The third-order valence-electron chi connectivity index (χ3n) is 2.64. The molecule has 0 aliphatic heterocycles. The molecular weight excluding hydrogens is 267 g/mol. The Morgan fingerprint density at radius 3 is 2.05 bits per heavy atom. The standard InChI is InChI=1S/C14H12F3N3/c15-14(16,17)12-6-3-10(4-7-12)1-2-11-5-8-13(20-18)19-9-11/h1-9H,18H2,(H,19,20). The number of anilines is 1. The lowest BCUT2D eigenvalue weighted by atomic mass is 10.1. The van der Waals surface area contributed by atoms with Gasteiger partial charge in [-0.05, 0) is 35.4 Å². The summed E-state index contributed by atoms with van der Waals surface area (Å²) >= 11 is 0. The molecule has 3 N–H and O–H groups in total. The van der Waals surface area contributed by atoms with Crippen LogP contribution in [0.4, 0.5) is 19.0 Å². The number of hydrogen-bond donors (Lipinski definition) is 2. The molecule has 0 spiro atoms. The molecule has 0 saturated carbocycles. The zero-order valence-electron chi connectivity index (χ0n) is 10.4. The fourth-order valence-corrected chi connectivity index (χ4v) is 1.56. The zero-order valence-corrected chi connectivity index (χ0v) is 10.4. The summed E-state index contributed by atoms with van der Waals surface area (Å²) in [4.78, 5) is 4.02. The highest BCUT2D eigenvalue weighted by Crippen LogP contribution is 2.29. The number of alkyl halides is 3. The predicted molar refractivity (Wildman–Crippen MR) is 72.4 cm³/mol. The molecule has 0 bridgehead atoms. The van der Waals surface area contributed by atoms with E-state index in [9.17, 15) is 13.2 Å². The average molecular weight is 279 g/mol. The lowest BCUT2D eigenvalue weighted by molar-refractivity contribution is -0.137.